The zero-order valence-electron chi connectivity index (χ0n) is 13.6. The van der Waals surface area contributed by atoms with Crippen molar-refractivity contribution in [3.63, 3.8) is 0 Å². The third kappa shape index (κ3) is 3.74. The van der Waals surface area contributed by atoms with Gasteiger partial charge in [-0.2, -0.15) is 0 Å². The van der Waals surface area contributed by atoms with Crippen LogP contribution in [-0.2, 0) is 16.0 Å². The highest BCUT2D eigenvalue weighted by atomic mass is 79.9. The lowest BCUT2D eigenvalue weighted by atomic mass is 9.97. The summed E-state index contributed by atoms with van der Waals surface area (Å²) >= 11 is 3.20. The van der Waals surface area contributed by atoms with Crippen molar-refractivity contribution < 1.29 is 18.7 Å². The highest BCUT2D eigenvalue weighted by molar-refractivity contribution is 9.10. The van der Waals surface area contributed by atoms with Gasteiger partial charge < -0.3 is 4.74 Å². The summed E-state index contributed by atoms with van der Waals surface area (Å²) in [6.45, 7) is 1.74. The molecule has 0 aromatic heterocycles. The van der Waals surface area contributed by atoms with Crippen molar-refractivity contribution in [3.8, 4) is 0 Å². The molecule has 2 unspecified atom stereocenters. The highest BCUT2D eigenvalue weighted by Crippen LogP contribution is 2.27. The van der Waals surface area contributed by atoms with Crippen LogP contribution in [0.2, 0.25) is 0 Å². The van der Waals surface area contributed by atoms with Gasteiger partial charge in [0.1, 0.15) is 12.4 Å². The lowest BCUT2D eigenvalue weighted by molar-refractivity contribution is -0.130. The topological polar surface area (TPSA) is 46.6 Å². The number of hydrogen-bond donors (Lipinski definition) is 0. The number of ether oxygens (including phenoxy) is 1. The Morgan fingerprint density at radius 3 is 2.72 bits per heavy atom. The maximum atomic E-state index is 14.2. The van der Waals surface area contributed by atoms with Gasteiger partial charge in [0.25, 0.3) is 0 Å². The van der Waals surface area contributed by atoms with E-state index in [9.17, 15) is 14.0 Å². The minimum absolute atomic E-state index is 0.148. The number of benzene rings is 2. The van der Waals surface area contributed by atoms with Crippen molar-refractivity contribution in [2.75, 3.05) is 6.61 Å². The predicted molar refractivity (Wildman–Crippen MR) is 94.6 cm³/mol. The number of cyclic esters (lactones) is 1. The van der Waals surface area contributed by atoms with Crippen LogP contribution in [-0.4, -0.2) is 29.5 Å². The molecule has 2 atom stereocenters. The Bertz CT molecular complexity index is 797. The SMILES string of the molecule is CC(C(=O)N1C(=O)OCC1Cc1ccccc1)c1ccc(Br)cc1F. The number of halogens is 2. The van der Waals surface area contributed by atoms with Crippen molar-refractivity contribution in [3.05, 3.63) is 69.9 Å². The van der Waals surface area contributed by atoms with Crippen molar-refractivity contribution >= 4 is 27.9 Å². The fraction of sp³-hybridized carbons (Fsp3) is 0.263. The lowest BCUT2D eigenvalue weighted by Gasteiger charge is -2.23. The van der Waals surface area contributed by atoms with Gasteiger partial charge in [0.15, 0.2) is 0 Å². The van der Waals surface area contributed by atoms with E-state index in [4.69, 9.17) is 4.74 Å². The van der Waals surface area contributed by atoms with E-state index in [0.717, 1.165) is 10.5 Å². The van der Waals surface area contributed by atoms with Crippen LogP contribution in [0.15, 0.2) is 53.0 Å². The molecule has 0 aliphatic carbocycles. The summed E-state index contributed by atoms with van der Waals surface area (Å²) < 4.78 is 19.8. The van der Waals surface area contributed by atoms with Crippen LogP contribution >= 0.6 is 15.9 Å². The van der Waals surface area contributed by atoms with E-state index in [1.165, 1.54) is 6.07 Å². The normalized spacial score (nSPS) is 18.1. The zero-order chi connectivity index (χ0) is 18.0. The number of carbonyl (C=O) groups is 2. The summed E-state index contributed by atoms with van der Waals surface area (Å²) in [6.07, 6.45) is -0.163. The fourth-order valence-electron chi connectivity index (χ4n) is 2.96. The number of rotatable bonds is 4. The van der Waals surface area contributed by atoms with Gasteiger partial charge >= 0.3 is 6.09 Å². The summed E-state index contributed by atoms with van der Waals surface area (Å²) in [5, 5.41) is 0. The molecule has 0 N–H and O–H groups in total. The summed E-state index contributed by atoms with van der Waals surface area (Å²) in [4.78, 5) is 26.0. The number of nitrogens with zero attached hydrogens (tertiary/aromatic N) is 1. The van der Waals surface area contributed by atoms with E-state index < -0.39 is 23.7 Å². The Hall–Kier alpha value is -2.21. The minimum Gasteiger partial charge on any atom is -0.447 e. The summed E-state index contributed by atoms with van der Waals surface area (Å²) in [6, 6.07) is 13.7. The molecule has 1 fully saturated rings. The maximum absolute atomic E-state index is 14.2. The van der Waals surface area contributed by atoms with Crippen molar-refractivity contribution in [2.45, 2.75) is 25.3 Å². The first-order valence-electron chi connectivity index (χ1n) is 7.96. The van der Waals surface area contributed by atoms with Crippen LogP contribution in [0.1, 0.15) is 24.0 Å². The van der Waals surface area contributed by atoms with Crippen molar-refractivity contribution in [1.29, 1.82) is 0 Å². The Morgan fingerprint density at radius 1 is 1.32 bits per heavy atom. The molecule has 2 aromatic carbocycles. The molecule has 25 heavy (non-hydrogen) atoms. The average Bonchev–Trinajstić information content (AvgIpc) is 2.95. The van der Waals surface area contributed by atoms with E-state index in [2.05, 4.69) is 15.9 Å². The second kappa shape index (κ2) is 7.35. The van der Waals surface area contributed by atoms with E-state index in [-0.39, 0.29) is 18.2 Å². The fourth-order valence-corrected chi connectivity index (χ4v) is 3.29. The van der Waals surface area contributed by atoms with Crippen molar-refractivity contribution in [2.24, 2.45) is 0 Å². The molecule has 0 bridgehead atoms. The highest BCUT2D eigenvalue weighted by Gasteiger charge is 2.40. The third-order valence-electron chi connectivity index (χ3n) is 4.31. The Morgan fingerprint density at radius 2 is 2.04 bits per heavy atom. The van der Waals surface area contributed by atoms with Gasteiger partial charge in [-0.25, -0.2) is 14.1 Å². The summed E-state index contributed by atoms with van der Waals surface area (Å²) in [5.41, 5.74) is 1.26. The van der Waals surface area contributed by atoms with Gasteiger partial charge in [-0.15, -0.1) is 0 Å². The van der Waals surface area contributed by atoms with Gasteiger partial charge in [0, 0.05) is 10.0 Å². The molecule has 4 nitrogen and oxygen atoms in total. The van der Waals surface area contributed by atoms with Crippen LogP contribution in [0.4, 0.5) is 9.18 Å². The summed E-state index contributed by atoms with van der Waals surface area (Å²) in [7, 11) is 0. The number of imide groups is 1. The lowest BCUT2D eigenvalue weighted by Crippen LogP contribution is -2.42. The van der Waals surface area contributed by atoms with E-state index in [1.807, 2.05) is 30.3 Å². The smallest absolute Gasteiger partial charge is 0.417 e. The molecule has 0 saturated carbocycles. The molecule has 0 radical (unpaired) electrons. The molecule has 0 spiro atoms. The molecule has 2 amide bonds. The standard InChI is InChI=1S/C19H17BrFNO3/c1-12(16-8-7-14(20)10-17(16)21)18(23)22-15(11-25-19(22)24)9-13-5-3-2-4-6-13/h2-8,10,12,15H,9,11H2,1H3. The van der Waals surface area contributed by atoms with Crippen LogP contribution in [0.5, 0.6) is 0 Å². The molecule has 1 saturated heterocycles. The van der Waals surface area contributed by atoms with Crippen LogP contribution in [0.3, 0.4) is 0 Å². The van der Waals surface area contributed by atoms with Crippen molar-refractivity contribution in [1.82, 2.24) is 4.90 Å². The molecular formula is C19H17BrFNO3. The Labute approximate surface area is 153 Å². The monoisotopic (exact) mass is 405 g/mol. The van der Waals surface area contributed by atoms with Gasteiger partial charge in [-0.05, 0) is 31.0 Å². The molecule has 3 rings (SSSR count). The number of hydrogen-bond acceptors (Lipinski definition) is 3. The maximum Gasteiger partial charge on any atom is 0.417 e. The molecule has 2 aromatic rings. The first-order valence-corrected chi connectivity index (χ1v) is 8.75. The third-order valence-corrected chi connectivity index (χ3v) is 4.81. The van der Waals surface area contributed by atoms with Crippen LogP contribution < -0.4 is 0 Å². The first-order chi connectivity index (χ1) is 12.0. The van der Waals surface area contributed by atoms with E-state index >= 15 is 0 Å². The zero-order valence-corrected chi connectivity index (χ0v) is 15.2. The first kappa shape index (κ1) is 17.6. The average molecular weight is 406 g/mol. The second-order valence-corrected chi connectivity index (χ2v) is 6.93. The number of amides is 2. The predicted octanol–water partition coefficient (Wildman–Crippen LogP) is 4.28. The molecule has 6 heteroatoms. The summed E-state index contributed by atoms with van der Waals surface area (Å²) in [5.74, 6) is -1.72. The van der Waals surface area contributed by atoms with Crippen LogP contribution in [0.25, 0.3) is 0 Å². The van der Waals surface area contributed by atoms with E-state index in [1.54, 1.807) is 19.1 Å². The molecule has 130 valence electrons. The quantitative estimate of drug-likeness (QED) is 0.762. The Kier molecular flexibility index (Phi) is 5.18. The minimum atomic E-state index is -0.781. The molecule has 1 aliphatic rings. The Balaban J connectivity index is 1.81. The van der Waals surface area contributed by atoms with Gasteiger partial charge in [-0.3, -0.25) is 4.79 Å². The molecule has 1 heterocycles. The van der Waals surface area contributed by atoms with Gasteiger partial charge in [0.2, 0.25) is 5.91 Å². The number of carbonyl (C=O) groups excluding carboxylic acids is 2. The largest absolute Gasteiger partial charge is 0.447 e. The second-order valence-electron chi connectivity index (χ2n) is 6.02. The molecule has 1 aliphatic heterocycles. The van der Waals surface area contributed by atoms with Gasteiger partial charge in [-0.1, -0.05) is 52.3 Å². The van der Waals surface area contributed by atoms with Gasteiger partial charge in [0.05, 0.1) is 12.0 Å². The molecular weight excluding hydrogens is 389 g/mol. The van der Waals surface area contributed by atoms with E-state index in [0.29, 0.717) is 10.9 Å². The van der Waals surface area contributed by atoms with Crippen LogP contribution in [0, 0.1) is 5.82 Å².